The molecule has 3 heteroatoms. The lowest BCUT2D eigenvalue weighted by atomic mass is 9.82. The van der Waals surface area contributed by atoms with Crippen LogP contribution in [-0.2, 0) is 15.3 Å². The number of benzene rings is 2. The van der Waals surface area contributed by atoms with Crippen LogP contribution in [0.4, 0.5) is 0 Å². The van der Waals surface area contributed by atoms with Crippen molar-refractivity contribution >= 4 is 21.0 Å². The highest BCUT2D eigenvalue weighted by Crippen LogP contribution is 2.55. The highest BCUT2D eigenvalue weighted by molar-refractivity contribution is 7.91. The second kappa shape index (κ2) is 8.58. The smallest absolute Gasteiger partial charge is 0.178 e. The molecule has 2 atom stereocenters. The first-order chi connectivity index (χ1) is 15.9. The Labute approximate surface area is 206 Å². The highest BCUT2D eigenvalue weighted by atomic mass is 32.2. The van der Waals surface area contributed by atoms with Crippen LogP contribution >= 0.6 is 0 Å². The average molecular weight is 473 g/mol. The van der Waals surface area contributed by atoms with Crippen LogP contribution in [0.15, 0.2) is 59.5 Å². The fraction of sp³-hybridized carbons (Fsp3) is 0.419. The van der Waals surface area contributed by atoms with Crippen LogP contribution in [0.2, 0.25) is 0 Å². The van der Waals surface area contributed by atoms with Crippen LogP contribution in [0.3, 0.4) is 0 Å². The standard InChI is InChI=1S/C31H36O2S/c1-8-31(17-18-31)22(4)23-13-14-28(29(20-23)34(32,33)9-2)27-16-15-26(21(27)3)24-11-10-12-25(19-24)30(5,6)7/h1,10-16,19-22H,9,17-18H2,2-7H3. The third-order valence-corrected chi connectivity index (χ3v) is 9.64. The molecule has 0 aromatic heterocycles. The Morgan fingerprint density at radius 2 is 1.76 bits per heavy atom. The predicted molar refractivity (Wildman–Crippen MR) is 143 cm³/mol. The van der Waals surface area contributed by atoms with E-state index in [0.29, 0.717) is 4.90 Å². The molecular weight excluding hydrogens is 436 g/mol. The molecule has 4 rings (SSSR count). The zero-order valence-electron chi connectivity index (χ0n) is 21.3. The quantitative estimate of drug-likeness (QED) is 0.410. The Hall–Kier alpha value is -2.57. The SMILES string of the molecule is C#CC1(C(C)c2ccc(C3=CC=C(c4cccc(C(C)(C)C)c4)C3C)c(S(=O)(=O)CC)c2)CC1. The molecule has 2 aliphatic rings. The van der Waals surface area contributed by atoms with Crippen molar-refractivity contribution in [1.29, 1.82) is 0 Å². The van der Waals surface area contributed by atoms with Crippen LogP contribution in [0, 0.1) is 23.7 Å². The maximum atomic E-state index is 13.2. The van der Waals surface area contributed by atoms with Crippen LogP contribution in [0.1, 0.15) is 82.6 Å². The van der Waals surface area contributed by atoms with Crippen LogP contribution in [0.25, 0.3) is 11.1 Å². The van der Waals surface area contributed by atoms with Gasteiger partial charge in [0.15, 0.2) is 9.84 Å². The van der Waals surface area contributed by atoms with Crippen molar-refractivity contribution in [1.82, 2.24) is 0 Å². The molecular formula is C31H36O2S. The molecule has 1 saturated carbocycles. The molecule has 178 valence electrons. The number of hydrogen-bond donors (Lipinski definition) is 0. The maximum Gasteiger partial charge on any atom is 0.178 e. The highest BCUT2D eigenvalue weighted by Gasteiger charge is 2.46. The van der Waals surface area contributed by atoms with Crippen LogP contribution < -0.4 is 0 Å². The van der Waals surface area contributed by atoms with Crippen molar-refractivity contribution < 1.29 is 8.42 Å². The first-order valence-corrected chi connectivity index (χ1v) is 14.0. The second-order valence-corrected chi connectivity index (χ2v) is 13.2. The van der Waals surface area contributed by atoms with Crippen LogP contribution in [0.5, 0.6) is 0 Å². The number of sulfone groups is 1. The molecule has 2 aromatic rings. The Kier molecular flexibility index (Phi) is 6.19. The van der Waals surface area contributed by atoms with Gasteiger partial charge in [-0.1, -0.05) is 96.0 Å². The molecule has 0 spiro atoms. The summed E-state index contributed by atoms with van der Waals surface area (Å²) in [6.07, 6.45) is 12.1. The van der Waals surface area contributed by atoms with E-state index in [9.17, 15) is 8.42 Å². The summed E-state index contributed by atoms with van der Waals surface area (Å²) in [4.78, 5) is 0.434. The molecule has 0 radical (unpaired) electrons. The van der Waals surface area contributed by atoms with Gasteiger partial charge in [0.1, 0.15) is 0 Å². The van der Waals surface area contributed by atoms with Crippen molar-refractivity contribution in [3.05, 3.63) is 76.9 Å². The third-order valence-electron chi connectivity index (χ3n) is 7.87. The van der Waals surface area contributed by atoms with E-state index in [1.54, 1.807) is 6.92 Å². The van der Waals surface area contributed by atoms with Gasteiger partial charge in [0, 0.05) is 11.3 Å². The summed E-state index contributed by atoms with van der Waals surface area (Å²) in [7, 11) is -3.40. The minimum absolute atomic E-state index is 0.0703. The summed E-state index contributed by atoms with van der Waals surface area (Å²) >= 11 is 0. The molecule has 2 unspecified atom stereocenters. The second-order valence-electron chi connectivity index (χ2n) is 11.0. The van der Waals surface area contributed by atoms with Gasteiger partial charge in [-0.2, -0.15) is 0 Å². The molecule has 0 N–H and O–H groups in total. The molecule has 0 amide bonds. The van der Waals surface area contributed by atoms with Crippen molar-refractivity contribution in [2.24, 2.45) is 11.3 Å². The van der Waals surface area contributed by atoms with E-state index in [4.69, 9.17) is 6.42 Å². The summed E-state index contributed by atoms with van der Waals surface area (Å²) in [5, 5.41) is 0. The number of rotatable bonds is 6. The van der Waals surface area contributed by atoms with E-state index in [1.165, 1.54) is 16.7 Å². The largest absolute Gasteiger partial charge is 0.224 e. The lowest BCUT2D eigenvalue weighted by Gasteiger charge is -2.23. The van der Waals surface area contributed by atoms with Crippen molar-refractivity contribution in [2.75, 3.05) is 5.75 Å². The minimum atomic E-state index is -3.40. The van der Waals surface area contributed by atoms with Gasteiger partial charge in [-0.05, 0) is 63.6 Å². The molecule has 2 aliphatic carbocycles. The van der Waals surface area contributed by atoms with Gasteiger partial charge < -0.3 is 0 Å². The van der Waals surface area contributed by atoms with E-state index in [-0.39, 0.29) is 28.4 Å². The van der Waals surface area contributed by atoms with E-state index in [0.717, 1.165) is 29.5 Å². The van der Waals surface area contributed by atoms with Gasteiger partial charge in [0.2, 0.25) is 0 Å². The van der Waals surface area contributed by atoms with Gasteiger partial charge >= 0.3 is 0 Å². The first kappa shape index (κ1) is 24.6. The fourth-order valence-corrected chi connectivity index (χ4v) is 6.23. The molecule has 1 fully saturated rings. The Morgan fingerprint density at radius 1 is 1.09 bits per heavy atom. The van der Waals surface area contributed by atoms with E-state index < -0.39 is 9.84 Å². The average Bonchev–Trinajstić information content (AvgIpc) is 3.53. The minimum Gasteiger partial charge on any atom is -0.224 e. The van der Waals surface area contributed by atoms with Gasteiger partial charge in [0.25, 0.3) is 0 Å². The molecule has 0 bridgehead atoms. The zero-order chi connectivity index (χ0) is 24.9. The Morgan fingerprint density at radius 3 is 2.35 bits per heavy atom. The van der Waals surface area contributed by atoms with Gasteiger partial charge in [-0.25, -0.2) is 8.42 Å². The fourth-order valence-electron chi connectivity index (χ4n) is 5.09. The van der Waals surface area contributed by atoms with E-state index in [2.05, 4.69) is 83.0 Å². The molecule has 2 aromatic carbocycles. The predicted octanol–water partition coefficient (Wildman–Crippen LogP) is 7.41. The van der Waals surface area contributed by atoms with Gasteiger partial charge in [-0.3, -0.25) is 0 Å². The van der Waals surface area contributed by atoms with Crippen molar-refractivity contribution in [3.63, 3.8) is 0 Å². The summed E-state index contributed by atoms with van der Waals surface area (Å²) < 4.78 is 26.4. The summed E-state index contributed by atoms with van der Waals surface area (Å²) in [6, 6.07) is 14.7. The zero-order valence-corrected chi connectivity index (χ0v) is 22.1. The number of allylic oxidation sites excluding steroid dienone is 4. The summed E-state index contributed by atoms with van der Waals surface area (Å²) in [5.41, 5.74) is 6.55. The monoisotopic (exact) mass is 472 g/mol. The maximum absolute atomic E-state index is 13.2. The molecule has 0 saturated heterocycles. The van der Waals surface area contributed by atoms with Gasteiger partial charge in [0.05, 0.1) is 10.6 Å². The first-order valence-electron chi connectivity index (χ1n) is 12.3. The summed E-state index contributed by atoms with van der Waals surface area (Å²) in [6.45, 7) is 12.7. The molecule has 0 heterocycles. The van der Waals surface area contributed by atoms with Crippen molar-refractivity contribution in [2.45, 2.75) is 70.6 Å². The van der Waals surface area contributed by atoms with E-state index in [1.807, 2.05) is 12.1 Å². The number of terminal acetylenes is 1. The van der Waals surface area contributed by atoms with Crippen molar-refractivity contribution in [3.8, 4) is 12.3 Å². The normalized spacial score (nSPS) is 20.3. The molecule has 2 nitrogen and oxygen atoms in total. The Bertz CT molecular complexity index is 1320. The molecule has 34 heavy (non-hydrogen) atoms. The number of hydrogen-bond acceptors (Lipinski definition) is 2. The topological polar surface area (TPSA) is 34.1 Å². The Balaban J connectivity index is 1.72. The van der Waals surface area contributed by atoms with Gasteiger partial charge in [-0.15, -0.1) is 6.42 Å². The summed E-state index contributed by atoms with van der Waals surface area (Å²) in [5.74, 6) is 3.29. The van der Waals surface area contributed by atoms with E-state index >= 15 is 0 Å². The third kappa shape index (κ3) is 4.29. The molecule has 0 aliphatic heterocycles. The lowest BCUT2D eigenvalue weighted by molar-refractivity contribution is 0.547. The van der Waals surface area contributed by atoms with Crippen LogP contribution in [-0.4, -0.2) is 14.2 Å². The lowest BCUT2D eigenvalue weighted by Crippen LogP contribution is -2.13.